The first kappa shape index (κ1) is 14.1. The summed E-state index contributed by atoms with van der Waals surface area (Å²) in [7, 11) is 0. The molecule has 3 nitrogen and oxygen atoms in total. The van der Waals surface area contributed by atoms with Crippen LogP contribution in [0.5, 0.6) is 0 Å². The smallest absolute Gasteiger partial charge is 0.253 e. The van der Waals surface area contributed by atoms with Gasteiger partial charge < -0.3 is 10.4 Å². The Balaban J connectivity index is 2.02. The zero-order valence-electron chi connectivity index (χ0n) is 10.5. The summed E-state index contributed by atoms with van der Waals surface area (Å²) in [6.45, 7) is -0.318. The minimum Gasteiger partial charge on any atom is -0.378 e. The van der Waals surface area contributed by atoms with Gasteiger partial charge in [0.25, 0.3) is 5.91 Å². The topological polar surface area (TPSA) is 49.3 Å². The molecular weight excluding hydrogens is 264 g/mol. The van der Waals surface area contributed by atoms with Gasteiger partial charge >= 0.3 is 0 Å². The number of carbonyl (C=O) groups is 1. The highest BCUT2D eigenvalue weighted by molar-refractivity contribution is 5.81. The fraction of sp³-hybridized carbons (Fsp3) is 0.133. The van der Waals surface area contributed by atoms with Gasteiger partial charge in [-0.1, -0.05) is 36.4 Å². The lowest BCUT2D eigenvalue weighted by Gasteiger charge is -2.12. The van der Waals surface area contributed by atoms with E-state index in [-0.39, 0.29) is 12.1 Å². The number of carbonyl (C=O) groups excluding carboxylic acids is 1. The van der Waals surface area contributed by atoms with Gasteiger partial charge in [0, 0.05) is 12.1 Å². The van der Waals surface area contributed by atoms with Gasteiger partial charge in [-0.3, -0.25) is 4.79 Å². The molecule has 2 N–H and O–H groups in total. The van der Waals surface area contributed by atoms with Crippen molar-refractivity contribution >= 4 is 5.91 Å². The van der Waals surface area contributed by atoms with Crippen molar-refractivity contribution in [2.45, 2.75) is 12.6 Å². The van der Waals surface area contributed by atoms with Crippen molar-refractivity contribution in [1.29, 1.82) is 0 Å². The quantitative estimate of drug-likeness (QED) is 0.901. The number of amides is 1. The molecule has 0 saturated heterocycles. The Labute approximate surface area is 114 Å². The third-order valence-corrected chi connectivity index (χ3v) is 2.86. The molecule has 104 valence electrons. The SMILES string of the molecule is O=C(NCc1c(F)cccc1F)C(O)c1ccccc1. The van der Waals surface area contributed by atoms with Crippen molar-refractivity contribution in [3.05, 3.63) is 71.3 Å². The molecule has 1 unspecified atom stereocenters. The fourth-order valence-electron chi connectivity index (χ4n) is 1.76. The lowest BCUT2D eigenvalue weighted by atomic mass is 10.1. The van der Waals surface area contributed by atoms with Crippen LogP contribution in [0.1, 0.15) is 17.2 Å². The molecule has 1 atom stereocenters. The average Bonchev–Trinajstić information content (AvgIpc) is 2.46. The summed E-state index contributed by atoms with van der Waals surface area (Å²) >= 11 is 0. The van der Waals surface area contributed by atoms with Gasteiger partial charge in [0.1, 0.15) is 11.6 Å². The van der Waals surface area contributed by atoms with E-state index in [4.69, 9.17) is 0 Å². The maximum Gasteiger partial charge on any atom is 0.253 e. The summed E-state index contributed by atoms with van der Waals surface area (Å²) in [5.74, 6) is -2.18. The van der Waals surface area contributed by atoms with Crippen LogP contribution in [0.2, 0.25) is 0 Å². The van der Waals surface area contributed by atoms with Crippen LogP contribution in [0.3, 0.4) is 0 Å². The molecule has 20 heavy (non-hydrogen) atoms. The van der Waals surface area contributed by atoms with E-state index >= 15 is 0 Å². The Bertz CT molecular complexity index is 582. The zero-order valence-corrected chi connectivity index (χ0v) is 10.5. The number of hydrogen-bond donors (Lipinski definition) is 2. The van der Waals surface area contributed by atoms with Crippen LogP contribution < -0.4 is 5.32 Å². The fourth-order valence-corrected chi connectivity index (χ4v) is 1.76. The number of rotatable bonds is 4. The first-order chi connectivity index (χ1) is 9.59. The molecule has 0 spiro atoms. The molecule has 0 saturated carbocycles. The number of nitrogens with one attached hydrogen (secondary N) is 1. The monoisotopic (exact) mass is 277 g/mol. The van der Waals surface area contributed by atoms with Gasteiger partial charge in [-0.25, -0.2) is 8.78 Å². The molecule has 2 aromatic carbocycles. The van der Waals surface area contributed by atoms with Crippen LogP contribution in [-0.4, -0.2) is 11.0 Å². The lowest BCUT2D eigenvalue weighted by molar-refractivity contribution is -0.129. The van der Waals surface area contributed by atoms with Crippen LogP contribution in [0.4, 0.5) is 8.78 Å². The molecule has 1 amide bonds. The molecule has 0 aliphatic rings. The summed E-state index contributed by atoms with van der Waals surface area (Å²) in [4.78, 5) is 11.7. The Morgan fingerprint density at radius 3 is 2.25 bits per heavy atom. The van der Waals surface area contributed by atoms with E-state index in [2.05, 4.69) is 5.32 Å². The van der Waals surface area contributed by atoms with E-state index < -0.39 is 23.6 Å². The van der Waals surface area contributed by atoms with Crippen LogP contribution in [0, 0.1) is 11.6 Å². The number of benzene rings is 2. The number of aliphatic hydroxyl groups excluding tert-OH is 1. The van der Waals surface area contributed by atoms with E-state index in [1.54, 1.807) is 30.3 Å². The minimum atomic E-state index is -1.37. The number of halogens is 2. The van der Waals surface area contributed by atoms with Crippen molar-refractivity contribution in [2.24, 2.45) is 0 Å². The highest BCUT2D eigenvalue weighted by atomic mass is 19.1. The summed E-state index contributed by atoms with van der Waals surface area (Å²) < 4.78 is 26.7. The Morgan fingerprint density at radius 1 is 1.05 bits per heavy atom. The second kappa shape index (κ2) is 6.25. The number of hydrogen-bond acceptors (Lipinski definition) is 2. The highest BCUT2D eigenvalue weighted by Gasteiger charge is 2.17. The summed E-state index contributed by atoms with van der Waals surface area (Å²) in [5, 5.41) is 12.1. The van der Waals surface area contributed by atoms with Crippen LogP contribution >= 0.6 is 0 Å². The van der Waals surface area contributed by atoms with Gasteiger partial charge in [-0.05, 0) is 17.7 Å². The van der Waals surface area contributed by atoms with Crippen LogP contribution in [0.25, 0.3) is 0 Å². The van der Waals surface area contributed by atoms with E-state index in [0.717, 1.165) is 12.1 Å². The first-order valence-corrected chi connectivity index (χ1v) is 6.03. The van der Waals surface area contributed by atoms with Gasteiger partial charge in [0.2, 0.25) is 0 Å². The van der Waals surface area contributed by atoms with Gasteiger partial charge in [-0.15, -0.1) is 0 Å². The van der Waals surface area contributed by atoms with E-state index in [1.807, 2.05) is 0 Å². The van der Waals surface area contributed by atoms with E-state index in [0.29, 0.717) is 5.56 Å². The van der Waals surface area contributed by atoms with Crippen molar-refractivity contribution in [3.63, 3.8) is 0 Å². The summed E-state index contributed by atoms with van der Waals surface area (Å²) in [5.41, 5.74) is 0.181. The maximum atomic E-state index is 13.4. The van der Waals surface area contributed by atoms with Crippen molar-refractivity contribution in [1.82, 2.24) is 5.32 Å². The molecular formula is C15H13F2NO2. The summed E-state index contributed by atoms with van der Waals surface area (Å²) in [6, 6.07) is 11.8. The van der Waals surface area contributed by atoms with Crippen molar-refractivity contribution in [3.8, 4) is 0 Å². The molecule has 0 aliphatic carbocycles. The van der Waals surface area contributed by atoms with Crippen LogP contribution in [-0.2, 0) is 11.3 Å². The van der Waals surface area contributed by atoms with Crippen LogP contribution in [0.15, 0.2) is 48.5 Å². The Hall–Kier alpha value is -2.27. The highest BCUT2D eigenvalue weighted by Crippen LogP contribution is 2.14. The average molecular weight is 277 g/mol. The predicted molar refractivity (Wildman–Crippen MR) is 69.6 cm³/mol. The maximum absolute atomic E-state index is 13.4. The standard InChI is InChI=1S/C15H13F2NO2/c16-12-7-4-8-13(17)11(12)9-18-15(20)14(19)10-5-2-1-3-6-10/h1-8,14,19H,9H2,(H,18,20). The molecule has 0 aromatic heterocycles. The lowest BCUT2D eigenvalue weighted by Crippen LogP contribution is -2.29. The Kier molecular flexibility index (Phi) is 4.42. The molecule has 0 aliphatic heterocycles. The summed E-state index contributed by atoms with van der Waals surface area (Å²) in [6.07, 6.45) is -1.37. The van der Waals surface area contributed by atoms with E-state index in [1.165, 1.54) is 6.07 Å². The minimum absolute atomic E-state index is 0.235. The van der Waals surface area contributed by atoms with Crippen molar-refractivity contribution in [2.75, 3.05) is 0 Å². The third-order valence-electron chi connectivity index (χ3n) is 2.86. The molecule has 5 heteroatoms. The molecule has 0 heterocycles. The largest absolute Gasteiger partial charge is 0.378 e. The Morgan fingerprint density at radius 2 is 1.65 bits per heavy atom. The zero-order chi connectivity index (χ0) is 14.5. The molecule has 0 bridgehead atoms. The molecule has 2 rings (SSSR count). The van der Waals surface area contributed by atoms with Gasteiger partial charge in [0.15, 0.2) is 6.10 Å². The van der Waals surface area contributed by atoms with E-state index in [9.17, 15) is 18.7 Å². The molecule has 0 radical (unpaired) electrons. The first-order valence-electron chi connectivity index (χ1n) is 6.03. The van der Waals surface area contributed by atoms with Crippen molar-refractivity contribution < 1.29 is 18.7 Å². The third kappa shape index (κ3) is 3.19. The second-order valence-electron chi connectivity index (χ2n) is 4.23. The molecule has 0 fully saturated rings. The van der Waals surface area contributed by atoms with Gasteiger partial charge in [0.05, 0.1) is 0 Å². The second-order valence-corrected chi connectivity index (χ2v) is 4.23. The predicted octanol–water partition coefficient (Wildman–Crippen LogP) is 2.31. The normalized spacial score (nSPS) is 11.9. The number of aliphatic hydroxyl groups is 1. The van der Waals surface area contributed by atoms with Gasteiger partial charge in [-0.2, -0.15) is 0 Å². The molecule has 2 aromatic rings.